The van der Waals surface area contributed by atoms with Crippen molar-refractivity contribution in [1.82, 2.24) is 0 Å². The molecular weight excluding hydrogens is 504 g/mol. The smallest absolute Gasteiger partial charge is 0.186 e. The summed E-state index contributed by atoms with van der Waals surface area (Å²) in [6, 6.07) is 0. The number of fused-ring (bicyclic) bond motifs is 2. The number of Topliss-reactive ketones (excluding diaryl/α,β-unsaturated/α-hetero) is 2. The van der Waals surface area contributed by atoms with E-state index in [1.165, 1.54) is 0 Å². The molecule has 2 bridgehead atoms. The van der Waals surface area contributed by atoms with Crippen molar-refractivity contribution in [1.29, 1.82) is 0 Å². The van der Waals surface area contributed by atoms with E-state index < -0.39 is 78.2 Å². The summed E-state index contributed by atoms with van der Waals surface area (Å²) in [7, 11) is 0. The van der Waals surface area contributed by atoms with E-state index >= 15 is 0 Å². The zero-order valence-corrected chi connectivity index (χ0v) is 21.9. The maximum atomic E-state index is 13.3. The molecule has 0 aromatic rings. The van der Waals surface area contributed by atoms with Gasteiger partial charge in [-0.2, -0.15) is 0 Å². The van der Waals surface area contributed by atoms with Gasteiger partial charge in [-0.05, 0) is 24.2 Å². The van der Waals surface area contributed by atoms with Gasteiger partial charge in [0, 0.05) is 29.6 Å². The minimum atomic E-state index is -1.64. The van der Waals surface area contributed by atoms with Crippen LogP contribution in [0.1, 0.15) is 46.5 Å². The van der Waals surface area contributed by atoms with E-state index in [9.17, 15) is 40.2 Å². The highest BCUT2D eigenvalue weighted by Crippen LogP contribution is 2.72. The minimum Gasteiger partial charge on any atom is -0.394 e. The molecule has 14 atom stereocenters. The van der Waals surface area contributed by atoms with Crippen LogP contribution in [0.2, 0.25) is 0 Å². The number of ether oxygens (including phenoxy) is 4. The summed E-state index contributed by atoms with van der Waals surface area (Å²) in [6.07, 6.45) is -10.3. The van der Waals surface area contributed by atoms with E-state index in [0.29, 0.717) is 19.3 Å². The standard InChI is InChI=1S/C26H40O12/c1-11-12(28)6-15-25(3,24(2)4-5-26(11,15)7-16(24)29)10-36-23-21(34)19(32)18(31)14(38-23)9-35-22-20(33)17(30)13(8-27)37-22/h11,13-15,17-23,27,30-34H,4-10H2,1-3H3/t11-,13+,14-,15-,17+,18-,19+,20-,21-,22-,23-,24+,25-,26-/m1/s1. The zero-order valence-electron chi connectivity index (χ0n) is 21.9. The van der Waals surface area contributed by atoms with Crippen LogP contribution in [0.5, 0.6) is 0 Å². The van der Waals surface area contributed by atoms with E-state index in [0.717, 1.165) is 6.42 Å². The lowest BCUT2D eigenvalue weighted by Gasteiger charge is -2.64. The van der Waals surface area contributed by atoms with Crippen LogP contribution in [0.4, 0.5) is 0 Å². The maximum absolute atomic E-state index is 13.3. The molecule has 0 aromatic heterocycles. The SMILES string of the molecule is C[C@@H]1C(=O)C[C@H]2[C@@]13CC[C@@](C)(C(=O)C3)[C@]2(C)CO[C@@H]1O[C@H](CO[C@@H]2O[C@@H](CO)[C@H](O)[C@H]2O)[C@@H](O)[C@H](O)[C@H]1O. The molecule has 1 spiro atoms. The number of rotatable bonds is 7. The topological polar surface area (TPSA) is 192 Å². The Labute approximate surface area is 220 Å². The Kier molecular flexibility index (Phi) is 7.34. The van der Waals surface area contributed by atoms with Crippen LogP contribution in [0.3, 0.4) is 0 Å². The largest absolute Gasteiger partial charge is 0.394 e. The lowest BCUT2D eigenvalue weighted by atomic mass is 9.38. The Morgan fingerprint density at radius 3 is 2.11 bits per heavy atom. The fraction of sp³-hybridized carbons (Fsp3) is 0.923. The van der Waals surface area contributed by atoms with Gasteiger partial charge in [-0.3, -0.25) is 9.59 Å². The van der Waals surface area contributed by atoms with E-state index in [2.05, 4.69) is 0 Å². The molecule has 4 saturated carbocycles. The van der Waals surface area contributed by atoms with Gasteiger partial charge in [-0.1, -0.05) is 20.8 Å². The molecule has 0 aromatic carbocycles. The second-order valence-electron chi connectivity index (χ2n) is 12.4. The number of aliphatic hydroxyl groups is 6. The Morgan fingerprint density at radius 1 is 0.868 bits per heavy atom. The molecule has 0 radical (unpaired) electrons. The number of carbonyl (C=O) groups is 2. The quantitative estimate of drug-likeness (QED) is 0.212. The molecular formula is C26H40O12. The fourth-order valence-corrected chi connectivity index (χ4v) is 7.82. The van der Waals surface area contributed by atoms with Crippen molar-refractivity contribution in [3.63, 3.8) is 0 Å². The van der Waals surface area contributed by atoms with E-state index in [1.807, 2.05) is 20.8 Å². The van der Waals surface area contributed by atoms with Gasteiger partial charge in [-0.25, -0.2) is 0 Å². The van der Waals surface area contributed by atoms with Gasteiger partial charge in [0.05, 0.1) is 19.8 Å². The summed E-state index contributed by atoms with van der Waals surface area (Å²) in [6.45, 7) is 4.86. The summed E-state index contributed by atoms with van der Waals surface area (Å²) in [5, 5.41) is 60.8. The highest BCUT2D eigenvalue weighted by Gasteiger charge is 2.72. The van der Waals surface area contributed by atoms with Crippen molar-refractivity contribution in [2.24, 2.45) is 28.1 Å². The Balaban J connectivity index is 1.29. The van der Waals surface area contributed by atoms with Crippen LogP contribution in [0, 0.1) is 28.1 Å². The Hall–Kier alpha value is -1.06. The van der Waals surface area contributed by atoms with Crippen LogP contribution < -0.4 is 0 Å². The minimum absolute atomic E-state index is 0.00536. The third kappa shape index (κ3) is 3.95. The molecule has 6 aliphatic rings. The number of hydrogen-bond donors (Lipinski definition) is 6. The van der Waals surface area contributed by atoms with Crippen molar-refractivity contribution < 1.29 is 59.2 Å². The van der Waals surface area contributed by atoms with Crippen LogP contribution in [-0.2, 0) is 28.5 Å². The van der Waals surface area contributed by atoms with E-state index in [-0.39, 0.29) is 36.6 Å². The molecule has 2 heterocycles. The monoisotopic (exact) mass is 544 g/mol. The number of carbonyl (C=O) groups excluding carboxylic acids is 2. The van der Waals surface area contributed by atoms with Crippen molar-refractivity contribution >= 4 is 11.6 Å². The van der Waals surface area contributed by atoms with Crippen LogP contribution in [0.25, 0.3) is 0 Å². The van der Waals surface area contributed by atoms with Crippen LogP contribution in [-0.4, -0.2) is 117 Å². The Morgan fingerprint density at radius 2 is 1.47 bits per heavy atom. The third-order valence-electron chi connectivity index (χ3n) is 10.8. The molecule has 2 aliphatic heterocycles. The maximum Gasteiger partial charge on any atom is 0.186 e. The third-order valence-corrected chi connectivity index (χ3v) is 10.8. The van der Waals surface area contributed by atoms with Gasteiger partial charge in [0.15, 0.2) is 12.6 Å². The Bertz CT molecular complexity index is 945. The van der Waals surface area contributed by atoms with Gasteiger partial charge in [0.1, 0.15) is 54.3 Å². The first kappa shape index (κ1) is 28.5. The number of hydrogen-bond acceptors (Lipinski definition) is 12. The second kappa shape index (κ2) is 9.79. The molecule has 6 rings (SSSR count). The van der Waals surface area contributed by atoms with Gasteiger partial charge >= 0.3 is 0 Å². The predicted octanol–water partition coefficient (Wildman–Crippen LogP) is -1.74. The molecule has 0 unspecified atom stereocenters. The molecule has 4 aliphatic carbocycles. The summed E-state index contributed by atoms with van der Waals surface area (Å²) in [5.41, 5.74) is -1.83. The molecule has 2 saturated heterocycles. The van der Waals surface area contributed by atoms with Crippen molar-refractivity contribution in [2.75, 3.05) is 19.8 Å². The van der Waals surface area contributed by atoms with Gasteiger partial charge in [0.25, 0.3) is 0 Å². The van der Waals surface area contributed by atoms with Gasteiger partial charge in [0.2, 0.25) is 0 Å². The van der Waals surface area contributed by atoms with Crippen molar-refractivity contribution in [3.05, 3.63) is 0 Å². The molecule has 0 amide bonds. The second-order valence-corrected chi connectivity index (χ2v) is 12.4. The highest BCUT2D eigenvalue weighted by molar-refractivity contribution is 5.93. The van der Waals surface area contributed by atoms with Crippen molar-refractivity contribution in [2.45, 2.75) is 102 Å². The zero-order chi connectivity index (χ0) is 27.8. The van der Waals surface area contributed by atoms with E-state index in [4.69, 9.17) is 18.9 Å². The molecule has 12 heteroatoms. The summed E-state index contributed by atoms with van der Waals surface area (Å²) in [5.74, 6) is -0.0308. The molecule has 216 valence electrons. The average Bonchev–Trinajstić information content (AvgIpc) is 3.31. The molecule has 6 N–H and O–H groups in total. The first-order chi connectivity index (χ1) is 17.8. The van der Waals surface area contributed by atoms with E-state index in [1.54, 1.807) is 0 Å². The predicted molar refractivity (Wildman–Crippen MR) is 126 cm³/mol. The van der Waals surface area contributed by atoms with Gasteiger partial charge in [-0.15, -0.1) is 0 Å². The molecule has 6 fully saturated rings. The van der Waals surface area contributed by atoms with Crippen LogP contribution in [0.15, 0.2) is 0 Å². The average molecular weight is 545 g/mol. The highest BCUT2D eigenvalue weighted by atomic mass is 16.7. The molecule has 12 nitrogen and oxygen atoms in total. The number of ketones is 2. The lowest BCUT2D eigenvalue weighted by Crippen LogP contribution is -2.66. The lowest BCUT2D eigenvalue weighted by molar-refractivity contribution is -0.321. The first-order valence-corrected chi connectivity index (χ1v) is 13.4. The number of aliphatic hydroxyl groups excluding tert-OH is 6. The summed E-state index contributed by atoms with van der Waals surface area (Å²) >= 11 is 0. The normalized spacial score (nSPS) is 54.5. The fourth-order valence-electron chi connectivity index (χ4n) is 7.82. The van der Waals surface area contributed by atoms with Crippen molar-refractivity contribution in [3.8, 4) is 0 Å². The molecule has 38 heavy (non-hydrogen) atoms. The first-order valence-electron chi connectivity index (χ1n) is 13.4. The van der Waals surface area contributed by atoms with Crippen LogP contribution >= 0.6 is 0 Å². The summed E-state index contributed by atoms with van der Waals surface area (Å²) in [4.78, 5) is 26.2. The summed E-state index contributed by atoms with van der Waals surface area (Å²) < 4.78 is 22.6. The van der Waals surface area contributed by atoms with Gasteiger partial charge < -0.3 is 49.6 Å².